The number of allylic oxidation sites excluding steroid dienone is 3. The number of fused-ring (bicyclic) bond motifs is 2. The van der Waals surface area contributed by atoms with E-state index in [9.17, 15) is 0 Å². The average Bonchev–Trinajstić information content (AvgIpc) is 2.49. The third-order valence-corrected chi connectivity index (χ3v) is 4.70. The molecule has 2 aliphatic rings. The zero-order valence-electron chi connectivity index (χ0n) is 10.1. The predicted molar refractivity (Wildman–Crippen MR) is 80.7 cm³/mol. The Morgan fingerprint density at radius 2 is 1.88 bits per heavy atom. The van der Waals surface area contributed by atoms with Crippen LogP contribution in [0.25, 0.3) is 5.57 Å². The highest BCUT2D eigenvalue weighted by molar-refractivity contribution is 8.00. The minimum Gasteiger partial charge on any atom is -0.152 e. The number of aryl methyl sites for hydroxylation is 1. The van der Waals surface area contributed by atoms with Gasteiger partial charge in [-0.3, -0.25) is 0 Å². The lowest BCUT2D eigenvalue weighted by molar-refractivity contribution is 0.958. The average molecular weight is 260 g/mol. The Bertz CT molecular complexity index is 562. The van der Waals surface area contributed by atoms with Gasteiger partial charge in [-0.2, -0.15) is 25.3 Å². The molecule has 0 heterocycles. The molecule has 1 aromatic carbocycles. The summed E-state index contributed by atoms with van der Waals surface area (Å²) in [5.74, 6) is 0. The molecule has 0 atom stereocenters. The zero-order valence-corrected chi connectivity index (χ0v) is 11.9. The van der Waals surface area contributed by atoms with Crippen molar-refractivity contribution < 1.29 is 0 Å². The number of thiol groups is 2. The van der Waals surface area contributed by atoms with Crippen LogP contribution in [0.4, 0.5) is 0 Å². The van der Waals surface area contributed by atoms with E-state index in [1.165, 1.54) is 33.4 Å². The molecule has 0 bridgehead atoms. The first-order chi connectivity index (χ1) is 8.00. The van der Waals surface area contributed by atoms with Gasteiger partial charge in [0.05, 0.1) is 0 Å². The van der Waals surface area contributed by atoms with Crippen LogP contribution in [0, 0.1) is 6.92 Å². The van der Waals surface area contributed by atoms with Crippen LogP contribution in [0.15, 0.2) is 35.4 Å². The molecule has 0 saturated heterocycles. The monoisotopic (exact) mass is 260 g/mol. The summed E-state index contributed by atoms with van der Waals surface area (Å²) in [5, 5.41) is 0. The highest BCUT2D eigenvalue weighted by Gasteiger charge is 2.39. The molecule has 0 aromatic heterocycles. The molecule has 0 saturated carbocycles. The maximum Gasteiger partial charge on any atom is 0.106 e. The summed E-state index contributed by atoms with van der Waals surface area (Å²) in [6.45, 7) is 4.31. The summed E-state index contributed by atoms with van der Waals surface area (Å²) >= 11 is 9.60. The number of hydrogen-bond donors (Lipinski definition) is 2. The van der Waals surface area contributed by atoms with Crippen molar-refractivity contribution in [3.05, 3.63) is 52.1 Å². The molecule has 0 spiro atoms. The summed E-state index contributed by atoms with van der Waals surface area (Å²) in [4.78, 5) is 0. The minimum absolute atomic E-state index is 0.418. The van der Waals surface area contributed by atoms with E-state index in [2.05, 4.69) is 38.1 Å². The molecular weight excluding hydrogens is 244 g/mol. The fourth-order valence-electron chi connectivity index (χ4n) is 2.81. The van der Waals surface area contributed by atoms with Gasteiger partial charge in [0, 0.05) is 0 Å². The second-order valence-corrected chi connectivity index (χ2v) is 6.80. The van der Waals surface area contributed by atoms with E-state index < -0.39 is 4.08 Å². The van der Waals surface area contributed by atoms with Crippen LogP contribution in [-0.2, 0) is 4.08 Å². The maximum atomic E-state index is 4.80. The van der Waals surface area contributed by atoms with Crippen LogP contribution >= 0.6 is 25.3 Å². The van der Waals surface area contributed by atoms with Gasteiger partial charge >= 0.3 is 0 Å². The van der Waals surface area contributed by atoms with Crippen molar-refractivity contribution in [1.29, 1.82) is 0 Å². The molecule has 0 nitrogen and oxygen atoms in total. The van der Waals surface area contributed by atoms with Crippen LogP contribution in [0.1, 0.15) is 36.5 Å². The summed E-state index contributed by atoms with van der Waals surface area (Å²) in [5.41, 5.74) is 8.03. The molecule has 0 N–H and O–H groups in total. The van der Waals surface area contributed by atoms with E-state index in [0.717, 1.165) is 12.8 Å². The van der Waals surface area contributed by atoms with Gasteiger partial charge in [-0.15, -0.1) is 0 Å². The highest BCUT2D eigenvalue weighted by Crippen LogP contribution is 2.55. The molecule has 0 amide bonds. The molecule has 0 fully saturated rings. The maximum absolute atomic E-state index is 4.80. The molecule has 2 heteroatoms. The molecule has 88 valence electrons. The summed E-state index contributed by atoms with van der Waals surface area (Å²) in [6.07, 6.45) is 4.55. The topological polar surface area (TPSA) is 0 Å². The van der Waals surface area contributed by atoms with Gasteiger partial charge in [0.25, 0.3) is 0 Å². The van der Waals surface area contributed by atoms with Crippen LogP contribution in [0.5, 0.6) is 0 Å². The highest BCUT2D eigenvalue weighted by atomic mass is 32.2. The third-order valence-electron chi connectivity index (χ3n) is 3.74. The van der Waals surface area contributed by atoms with Crippen LogP contribution in [0.3, 0.4) is 0 Å². The van der Waals surface area contributed by atoms with Gasteiger partial charge in [-0.1, -0.05) is 35.4 Å². The van der Waals surface area contributed by atoms with Crippen LogP contribution in [0.2, 0.25) is 0 Å². The molecule has 17 heavy (non-hydrogen) atoms. The number of benzene rings is 1. The Hall–Kier alpha value is -0.600. The molecular formula is C15H16S2. The summed E-state index contributed by atoms with van der Waals surface area (Å²) < 4.78 is -0.418. The van der Waals surface area contributed by atoms with Gasteiger partial charge in [-0.25, -0.2) is 0 Å². The van der Waals surface area contributed by atoms with Crippen molar-refractivity contribution in [3.63, 3.8) is 0 Å². The molecule has 0 radical (unpaired) electrons. The Morgan fingerprint density at radius 1 is 1.12 bits per heavy atom. The molecule has 0 unspecified atom stereocenters. The summed E-state index contributed by atoms with van der Waals surface area (Å²) in [7, 11) is 0. The van der Waals surface area contributed by atoms with Gasteiger partial charge in [0.2, 0.25) is 0 Å². The Balaban J connectivity index is 2.26. The first-order valence-corrected chi connectivity index (χ1v) is 6.86. The Labute approximate surface area is 114 Å². The zero-order chi connectivity index (χ0) is 12.2. The van der Waals surface area contributed by atoms with E-state index in [0.29, 0.717) is 0 Å². The first-order valence-electron chi connectivity index (χ1n) is 5.97. The Kier molecular flexibility index (Phi) is 2.50. The van der Waals surface area contributed by atoms with Crippen molar-refractivity contribution in [2.24, 2.45) is 0 Å². The van der Waals surface area contributed by atoms with E-state index in [-0.39, 0.29) is 0 Å². The molecule has 1 aromatic rings. The van der Waals surface area contributed by atoms with Gasteiger partial charge in [0.15, 0.2) is 0 Å². The van der Waals surface area contributed by atoms with E-state index >= 15 is 0 Å². The van der Waals surface area contributed by atoms with E-state index in [1.54, 1.807) is 0 Å². The Morgan fingerprint density at radius 3 is 2.65 bits per heavy atom. The van der Waals surface area contributed by atoms with Gasteiger partial charge < -0.3 is 0 Å². The van der Waals surface area contributed by atoms with Crippen molar-refractivity contribution >= 4 is 30.8 Å². The van der Waals surface area contributed by atoms with Crippen LogP contribution in [-0.4, -0.2) is 0 Å². The predicted octanol–water partition coefficient (Wildman–Crippen LogP) is 4.51. The van der Waals surface area contributed by atoms with Crippen molar-refractivity contribution in [1.82, 2.24) is 0 Å². The first kappa shape index (κ1) is 11.5. The third kappa shape index (κ3) is 1.61. The standard InChI is InChI=1S/C15H16S2/c1-9-3-5-11-12-6-4-10(2)8-14(12)15(16,17)13(11)7-9/h3,5,7-8,16-17H,4,6H2,1-2H3. The van der Waals surface area contributed by atoms with Gasteiger partial charge in [-0.05, 0) is 49.0 Å². The lowest BCUT2D eigenvalue weighted by Gasteiger charge is -2.23. The molecule has 2 aliphatic carbocycles. The van der Waals surface area contributed by atoms with Crippen LogP contribution < -0.4 is 0 Å². The van der Waals surface area contributed by atoms with Crippen molar-refractivity contribution in [2.45, 2.75) is 30.8 Å². The SMILES string of the molecule is CC1=CC2=C(CC1)c1ccc(C)cc1C2(S)S. The molecule has 3 rings (SSSR count). The van der Waals surface area contributed by atoms with E-state index in [4.69, 9.17) is 25.3 Å². The lowest BCUT2D eigenvalue weighted by Crippen LogP contribution is -2.10. The van der Waals surface area contributed by atoms with Crippen molar-refractivity contribution in [2.75, 3.05) is 0 Å². The molecule has 0 aliphatic heterocycles. The van der Waals surface area contributed by atoms with Gasteiger partial charge in [0.1, 0.15) is 4.08 Å². The summed E-state index contributed by atoms with van der Waals surface area (Å²) in [6, 6.07) is 6.62. The second kappa shape index (κ2) is 3.69. The van der Waals surface area contributed by atoms with E-state index in [1.807, 2.05) is 0 Å². The quantitative estimate of drug-likeness (QED) is 0.497. The fraction of sp³-hybridized carbons (Fsp3) is 0.333. The van der Waals surface area contributed by atoms with Crippen molar-refractivity contribution in [3.8, 4) is 0 Å². The normalized spacial score (nSPS) is 21.1. The lowest BCUT2D eigenvalue weighted by atomic mass is 9.92. The largest absolute Gasteiger partial charge is 0.152 e. The smallest absolute Gasteiger partial charge is 0.106 e. The number of hydrogen-bond acceptors (Lipinski definition) is 2. The second-order valence-electron chi connectivity index (χ2n) is 5.10. The fourth-order valence-corrected chi connectivity index (χ4v) is 3.58. The number of rotatable bonds is 0. The minimum atomic E-state index is -0.418.